The molecule has 0 bridgehead atoms. The molecule has 2 radical (unpaired) electrons. The van der Waals surface area contributed by atoms with E-state index in [1.165, 1.54) is 13.2 Å². The van der Waals surface area contributed by atoms with Crippen LogP contribution < -0.4 is 31.7 Å². The number of anilines is 1. The second kappa shape index (κ2) is 16.7. The molecule has 0 heterocycles. The Bertz CT molecular complexity index is 950. The quantitative estimate of drug-likeness (QED) is 0.0642. The Morgan fingerprint density at radius 3 is 1.84 bits per heavy atom. The lowest BCUT2D eigenvalue weighted by Gasteiger charge is -2.27. The first-order valence-corrected chi connectivity index (χ1v) is 11.0. The Morgan fingerprint density at radius 2 is 1.45 bits per heavy atom. The number of methoxy groups -OCH3 is 1. The van der Waals surface area contributed by atoms with E-state index in [2.05, 4.69) is 24.2 Å². The highest BCUT2D eigenvalue weighted by atomic mass is 16.8. The number of aliphatic hydroxyl groups excluding tert-OH is 2. The summed E-state index contributed by atoms with van der Waals surface area (Å²) in [5.41, 5.74) is 11.3. The molecular weight excluding hydrogens is 501 g/mol. The number of ether oxygens (including phenoxy) is 2. The third-order valence-corrected chi connectivity index (χ3v) is 4.33. The van der Waals surface area contributed by atoms with Crippen LogP contribution in [0.3, 0.4) is 0 Å². The van der Waals surface area contributed by atoms with Gasteiger partial charge in [-0.1, -0.05) is 12.1 Å². The van der Waals surface area contributed by atoms with E-state index < -0.39 is 24.2 Å². The molecule has 0 aliphatic heterocycles. The van der Waals surface area contributed by atoms with E-state index in [-0.39, 0.29) is 29.3 Å². The molecule has 2 aromatic rings. The molecule has 0 saturated heterocycles. The van der Waals surface area contributed by atoms with Gasteiger partial charge in [-0.15, -0.1) is 13.2 Å². The summed E-state index contributed by atoms with van der Waals surface area (Å²) in [4.78, 5) is 0. The normalized spacial score (nSPS) is 12.2. The zero-order valence-corrected chi connectivity index (χ0v) is 22.2. The van der Waals surface area contributed by atoms with Crippen LogP contribution in [-0.2, 0) is 0 Å². The van der Waals surface area contributed by atoms with Crippen molar-refractivity contribution in [2.24, 2.45) is 11.5 Å². The number of aliphatic hydroxyl groups is 6. The van der Waals surface area contributed by atoms with Gasteiger partial charge in [0.05, 0.1) is 7.11 Å². The summed E-state index contributed by atoms with van der Waals surface area (Å²) in [6.45, 7) is 11.6. The summed E-state index contributed by atoms with van der Waals surface area (Å²) in [6.07, 6.45) is -2.37. The highest BCUT2D eigenvalue weighted by Gasteiger charge is 2.35. The van der Waals surface area contributed by atoms with Crippen molar-refractivity contribution in [3.63, 3.8) is 0 Å². The topological polar surface area (TPSA) is 244 Å². The summed E-state index contributed by atoms with van der Waals surface area (Å²) in [5.74, 6) is -4.91. The second-order valence-corrected chi connectivity index (χ2v) is 7.81. The van der Waals surface area contributed by atoms with Gasteiger partial charge in [0.25, 0.3) is 0 Å². The molecule has 0 aromatic heterocycles. The Kier molecular flexibility index (Phi) is 16.3. The van der Waals surface area contributed by atoms with E-state index in [1.807, 2.05) is 0 Å². The van der Waals surface area contributed by atoms with E-state index >= 15 is 0 Å². The molecule has 2 unspecified atom stereocenters. The van der Waals surface area contributed by atoms with Gasteiger partial charge < -0.3 is 61.4 Å². The third kappa shape index (κ3) is 12.9. The largest absolute Gasteiger partial charge is 0.505 e. The lowest BCUT2D eigenvalue weighted by Crippen LogP contribution is -2.51. The molecule has 0 aliphatic carbocycles. The molecule has 13 nitrogen and oxygen atoms in total. The minimum absolute atomic E-state index is 0.0995. The maximum Gasteiger partial charge on any atom is 0.351 e. The van der Waals surface area contributed by atoms with Crippen LogP contribution in [0.4, 0.5) is 5.69 Å². The number of benzene rings is 2. The van der Waals surface area contributed by atoms with Crippen LogP contribution in [-0.4, -0.2) is 86.6 Å². The van der Waals surface area contributed by atoms with Crippen LogP contribution in [0.15, 0.2) is 37.4 Å². The highest BCUT2D eigenvalue weighted by molar-refractivity contribution is 6.36. The number of phenols is 2. The molecule has 2 rings (SSSR count). The number of phenolic OH excluding ortho intramolecular Hbond substituents is 2. The van der Waals surface area contributed by atoms with Crippen LogP contribution >= 0.6 is 0 Å². The first kappa shape index (κ1) is 37.1. The van der Waals surface area contributed by atoms with Crippen LogP contribution in [0.2, 0.25) is 0 Å². The summed E-state index contributed by atoms with van der Waals surface area (Å²) in [5, 5.41) is 74.7. The Labute approximate surface area is 223 Å². The zero-order valence-electron chi connectivity index (χ0n) is 22.2. The fraction of sp³-hybridized carbons (Fsp3) is 0.417. The van der Waals surface area contributed by atoms with Crippen molar-refractivity contribution in [2.45, 2.75) is 51.9 Å². The maximum atomic E-state index is 9.55. The van der Waals surface area contributed by atoms with Gasteiger partial charge in [0.2, 0.25) is 5.91 Å². The molecule has 0 fully saturated rings. The lowest BCUT2D eigenvalue weighted by molar-refractivity contribution is -0.335. The fourth-order valence-corrected chi connectivity index (χ4v) is 2.53. The number of rotatable bonds is 7. The maximum absolute atomic E-state index is 9.55. The highest BCUT2D eigenvalue weighted by Crippen LogP contribution is 2.34. The van der Waals surface area contributed by atoms with Crippen molar-refractivity contribution < 1.29 is 50.3 Å². The second-order valence-electron chi connectivity index (χ2n) is 7.81. The van der Waals surface area contributed by atoms with E-state index in [4.69, 9.17) is 33.3 Å². The van der Waals surface area contributed by atoms with Gasteiger partial charge in [-0.2, -0.15) is 0 Å². The summed E-state index contributed by atoms with van der Waals surface area (Å²) >= 11 is 0. The Morgan fingerprint density at radius 1 is 1.00 bits per heavy atom. The smallest absolute Gasteiger partial charge is 0.351 e. The number of hydrogen-bond acceptors (Lipinski definition) is 13. The molecule has 14 heteroatoms. The number of aromatic hydroxyl groups is 2. The van der Waals surface area contributed by atoms with Gasteiger partial charge in [0.1, 0.15) is 14.1 Å². The molecule has 0 spiro atoms. The lowest BCUT2D eigenvalue weighted by atomic mass is 9.87. The van der Waals surface area contributed by atoms with Crippen molar-refractivity contribution in [3.8, 4) is 23.0 Å². The van der Waals surface area contributed by atoms with E-state index in [9.17, 15) is 30.6 Å². The third-order valence-electron chi connectivity index (χ3n) is 4.33. The SMILES string of the molecule is C=C.CC(N)(O)O.COc1ccccc1OC(O)(O)C(O)CN.[B]c1c(C)c(NC(C)O)c(C)c(O)c1O. The summed E-state index contributed by atoms with van der Waals surface area (Å²) in [6, 6.07) is 6.38. The van der Waals surface area contributed by atoms with Crippen LogP contribution in [0.5, 0.6) is 23.0 Å². The van der Waals surface area contributed by atoms with E-state index in [0.717, 1.165) is 6.92 Å². The van der Waals surface area contributed by atoms with E-state index in [1.54, 1.807) is 39.0 Å². The standard InChI is InChI=1S/C10H14BNO3.C10H15NO5.C2H7NO2.C2H4/c1-4-7(11)10(15)9(14)5(2)8(4)12-6(3)13;1-15-7-4-2-3-5-8(7)16-10(13,14)9(12)6-11;1-2(3,4)5;1-2/h6,12-15H,1-3H3;2-5,9,12-14H,6,11H2,1H3;4-5H,3H2,1H3;1-2H2. The van der Waals surface area contributed by atoms with Gasteiger partial charge in [0.15, 0.2) is 29.1 Å². The van der Waals surface area contributed by atoms with Crippen LogP contribution in [0.25, 0.3) is 0 Å². The van der Waals surface area contributed by atoms with Crippen molar-refractivity contribution in [3.05, 3.63) is 48.6 Å². The van der Waals surface area contributed by atoms with Gasteiger partial charge in [-0.25, -0.2) is 0 Å². The molecular formula is C24H40BN3O10. The zero-order chi connectivity index (χ0) is 30.4. The predicted octanol–water partition coefficient (Wildman–Crippen LogP) is -1.30. The molecule has 0 saturated carbocycles. The Hall–Kier alpha value is -3.08. The van der Waals surface area contributed by atoms with Gasteiger partial charge in [0, 0.05) is 24.7 Å². The fourth-order valence-electron chi connectivity index (χ4n) is 2.53. The summed E-state index contributed by atoms with van der Waals surface area (Å²) in [7, 11) is 7.01. The van der Waals surface area contributed by atoms with Gasteiger partial charge >= 0.3 is 5.97 Å². The first-order chi connectivity index (χ1) is 17.4. The van der Waals surface area contributed by atoms with Crippen LogP contribution in [0, 0.1) is 13.8 Å². The van der Waals surface area contributed by atoms with Crippen LogP contribution in [0.1, 0.15) is 25.0 Å². The molecule has 0 aliphatic rings. The molecule has 13 N–H and O–H groups in total. The average Bonchev–Trinajstić information content (AvgIpc) is 2.84. The van der Waals surface area contributed by atoms with Crippen molar-refractivity contribution >= 4 is 19.0 Å². The van der Waals surface area contributed by atoms with Crippen molar-refractivity contribution in [1.82, 2.24) is 0 Å². The number of hydrogen-bond donors (Lipinski definition) is 11. The van der Waals surface area contributed by atoms with E-state index in [0.29, 0.717) is 22.6 Å². The summed E-state index contributed by atoms with van der Waals surface area (Å²) < 4.78 is 9.78. The number of nitrogens with one attached hydrogen (secondary N) is 1. The molecule has 2 atom stereocenters. The monoisotopic (exact) mass is 541 g/mol. The predicted molar refractivity (Wildman–Crippen MR) is 144 cm³/mol. The molecule has 38 heavy (non-hydrogen) atoms. The Balaban J connectivity index is 0. The first-order valence-electron chi connectivity index (χ1n) is 11.0. The number of para-hydroxylation sites is 2. The average molecular weight is 541 g/mol. The number of nitrogens with two attached hydrogens (primary N) is 2. The minimum atomic E-state index is -2.75. The van der Waals surface area contributed by atoms with Gasteiger partial charge in [-0.3, -0.25) is 5.73 Å². The van der Waals surface area contributed by atoms with Crippen molar-refractivity contribution in [2.75, 3.05) is 19.0 Å². The molecule has 2 aromatic carbocycles. The molecule has 0 amide bonds. The molecule has 214 valence electrons. The van der Waals surface area contributed by atoms with Gasteiger partial charge in [-0.05, 0) is 43.9 Å². The minimum Gasteiger partial charge on any atom is -0.505 e. The van der Waals surface area contributed by atoms with Crippen molar-refractivity contribution in [1.29, 1.82) is 0 Å².